The number of terminal acetylenes is 1. The van der Waals surface area contributed by atoms with Crippen molar-refractivity contribution in [2.75, 3.05) is 25.0 Å². The van der Waals surface area contributed by atoms with E-state index in [9.17, 15) is 19.5 Å². The number of fused-ring (bicyclic) bond motifs is 1. The average molecular weight is 502 g/mol. The standard InChI is InChI=1S/C29H31N3O5/c1-5-20-10-8-9-13-24(20)26(27(35)31-23-15-14-21-11-6-7-12-22(21)18-23)32(16-17-33)25(34)19-30-28(36)37-29(2,3)4/h1,6-15,18,26,33H,16-17,19H2,2-4H3,(H,30,36)(H,31,35). The highest BCUT2D eigenvalue weighted by molar-refractivity contribution is 6.00. The van der Waals surface area contributed by atoms with Gasteiger partial charge in [-0.25, -0.2) is 4.79 Å². The molecule has 1 atom stereocenters. The van der Waals surface area contributed by atoms with Crippen molar-refractivity contribution in [3.8, 4) is 12.3 Å². The van der Waals surface area contributed by atoms with E-state index >= 15 is 0 Å². The Bertz CT molecular complexity index is 1320. The summed E-state index contributed by atoms with van der Waals surface area (Å²) in [4.78, 5) is 40.3. The van der Waals surface area contributed by atoms with Gasteiger partial charge in [-0.05, 0) is 55.3 Å². The average Bonchev–Trinajstić information content (AvgIpc) is 2.86. The number of aliphatic hydroxyl groups is 1. The summed E-state index contributed by atoms with van der Waals surface area (Å²) in [7, 11) is 0. The van der Waals surface area contributed by atoms with Crippen LogP contribution in [0.4, 0.5) is 10.5 Å². The summed E-state index contributed by atoms with van der Waals surface area (Å²) in [6, 6.07) is 18.8. The van der Waals surface area contributed by atoms with Crippen LogP contribution in [0.2, 0.25) is 0 Å². The number of benzene rings is 3. The van der Waals surface area contributed by atoms with Crippen LogP contribution in [0, 0.1) is 12.3 Å². The maximum absolute atomic E-state index is 13.7. The van der Waals surface area contributed by atoms with Gasteiger partial charge in [0, 0.05) is 17.8 Å². The number of aliphatic hydroxyl groups excluding tert-OH is 1. The van der Waals surface area contributed by atoms with Crippen molar-refractivity contribution in [3.63, 3.8) is 0 Å². The minimum absolute atomic E-state index is 0.163. The van der Waals surface area contributed by atoms with Gasteiger partial charge >= 0.3 is 6.09 Å². The van der Waals surface area contributed by atoms with E-state index in [2.05, 4.69) is 16.6 Å². The zero-order chi connectivity index (χ0) is 27.0. The molecular weight excluding hydrogens is 470 g/mol. The summed E-state index contributed by atoms with van der Waals surface area (Å²) >= 11 is 0. The van der Waals surface area contributed by atoms with Crippen molar-refractivity contribution in [2.45, 2.75) is 32.4 Å². The predicted octanol–water partition coefficient (Wildman–Crippen LogP) is 3.85. The molecule has 0 bridgehead atoms. The second kappa shape index (κ2) is 12.1. The number of carbonyl (C=O) groups excluding carboxylic acids is 3. The molecular formula is C29H31N3O5. The number of ether oxygens (including phenoxy) is 1. The number of rotatable bonds is 8. The molecule has 0 radical (unpaired) electrons. The maximum atomic E-state index is 13.7. The Morgan fingerprint density at radius 3 is 2.38 bits per heavy atom. The molecule has 8 nitrogen and oxygen atoms in total. The van der Waals surface area contributed by atoms with Gasteiger partial charge in [0.1, 0.15) is 18.2 Å². The number of alkyl carbamates (subject to hydrolysis) is 1. The Kier molecular flexibility index (Phi) is 8.88. The highest BCUT2D eigenvalue weighted by Crippen LogP contribution is 2.27. The van der Waals surface area contributed by atoms with Crippen molar-refractivity contribution in [1.29, 1.82) is 0 Å². The summed E-state index contributed by atoms with van der Waals surface area (Å²) in [6.45, 7) is 4.11. The van der Waals surface area contributed by atoms with E-state index in [4.69, 9.17) is 11.2 Å². The quantitative estimate of drug-likeness (QED) is 0.407. The normalized spacial score (nSPS) is 11.8. The van der Waals surface area contributed by atoms with E-state index in [-0.39, 0.29) is 6.54 Å². The molecule has 0 saturated heterocycles. The van der Waals surface area contributed by atoms with Crippen molar-refractivity contribution in [1.82, 2.24) is 10.2 Å². The molecule has 0 aliphatic heterocycles. The molecule has 3 rings (SSSR count). The van der Waals surface area contributed by atoms with E-state index in [1.807, 2.05) is 36.4 Å². The Hall–Kier alpha value is -4.35. The smallest absolute Gasteiger partial charge is 0.408 e. The highest BCUT2D eigenvalue weighted by Gasteiger charge is 2.33. The number of hydrogen-bond acceptors (Lipinski definition) is 5. The second-order valence-corrected chi connectivity index (χ2v) is 9.35. The molecule has 0 aliphatic rings. The van der Waals surface area contributed by atoms with Crippen LogP contribution in [0.15, 0.2) is 66.7 Å². The Morgan fingerprint density at radius 2 is 1.70 bits per heavy atom. The third-order valence-electron chi connectivity index (χ3n) is 5.43. The van der Waals surface area contributed by atoms with Gasteiger partial charge in [-0.3, -0.25) is 9.59 Å². The molecule has 192 valence electrons. The first-order valence-corrected chi connectivity index (χ1v) is 11.9. The van der Waals surface area contributed by atoms with Gasteiger partial charge in [0.2, 0.25) is 5.91 Å². The minimum atomic E-state index is -1.17. The van der Waals surface area contributed by atoms with Crippen LogP contribution in [0.1, 0.15) is 37.9 Å². The van der Waals surface area contributed by atoms with Gasteiger partial charge < -0.3 is 25.4 Å². The number of hydrogen-bond donors (Lipinski definition) is 3. The maximum Gasteiger partial charge on any atom is 0.408 e. The van der Waals surface area contributed by atoms with Crippen LogP contribution in [0.5, 0.6) is 0 Å². The third-order valence-corrected chi connectivity index (χ3v) is 5.43. The molecule has 3 aromatic rings. The summed E-state index contributed by atoms with van der Waals surface area (Å²) in [6.07, 6.45) is 4.93. The van der Waals surface area contributed by atoms with E-state index < -0.39 is 42.7 Å². The minimum Gasteiger partial charge on any atom is -0.444 e. The fourth-order valence-corrected chi connectivity index (χ4v) is 3.86. The van der Waals surface area contributed by atoms with Crippen molar-refractivity contribution >= 4 is 34.4 Å². The lowest BCUT2D eigenvalue weighted by atomic mass is 9.98. The number of nitrogens with one attached hydrogen (secondary N) is 2. The lowest BCUT2D eigenvalue weighted by Gasteiger charge is -2.31. The SMILES string of the molecule is C#Cc1ccccc1C(C(=O)Nc1ccc2ccccc2c1)N(CCO)C(=O)CNC(=O)OC(C)(C)C. The summed E-state index contributed by atoms with van der Waals surface area (Å²) in [5, 5.41) is 17.0. The number of carbonyl (C=O) groups is 3. The zero-order valence-electron chi connectivity index (χ0n) is 21.2. The van der Waals surface area contributed by atoms with Gasteiger partial charge in [0.15, 0.2) is 0 Å². The van der Waals surface area contributed by atoms with Crippen LogP contribution in [-0.4, -0.2) is 53.2 Å². The summed E-state index contributed by atoms with van der Waals surface area (Å²) < 4.78 is 5.20. The topological polar surface area (TPSA) is 108 Å². The number of anilines is 1. The second-order valence-electron chi connectivity index (χ2n) is 9.35. The molecule has 0 aromatic heterocycles. The van der Waals surface area contributed by atoms with Gasteiger partial charge in [0.05, 0.1) is 6.61 Å². The number of amides is 3. The predicted molar refractivity (Wildman–Crippen MR) is 143 cm³/mol. The molecule has 8 heteroatoms. The molecule has 0 aliphatic carbocycles. The fourth-order valence-electron chi connectivity index (χ4n) is 3.86. The summed E-state index contributed by atoms with van der Waals surface area (Å²) in [5.41, 5.74) is 0.640. The zero-order valence-corrected chi connectivity index (χ0v) is 21.2. The molecule has 37 heavy (non-hydrogen) atoms. The molecule has 3 aromatic carbocycles. The largest absolute Gasteiger partial charge is 0.444 e. The summed E-state index contributed by atoms with van der Waals surface area (Å²) in [5.74, 6) is 1.45. The monoisotopic (exact) mass is 501 g/mol. The van der Waals surface area contributed by atoms with E-state index in [0.29, 0.717) is 16.8 Å². The van der Waals surface area contributed by atoms with Gasteiger partial charge in [-0.1, -0.05) is 54.5 Å². The van der Waals surface area contributed by atoms with Gasteiger partial charge in [-0.15, -0.1) is 6.42 Å². The third kappa shape index (κ3) is 7.32. The fraction of sp³-hybridized carbons (Fsp3) is 0.276. The molecule has 0 saturated carbocycles. The molecule has 0 spiro atoms. The molecule has 0 fully saturated rings. The van der Waals surface area contributed by atoms with E-state index in [0.717, 1.165) is 10.8 Å². The first kappa shape index (κ1) is 27.2. The lowest BCUT2D eigenvalue weighted by molar-refractivity contribution is -0.138. The first-order chi connectivity index (χ1) is 17.6. The van der Waals surface area contributed by atoms with Gasteiger partial charge in [-0.2, -0.15) is 0 Å². The van der Waals surface area contributed by atoms with Crippen molar-refractivity contribution in [3.05, 3.63) is 77.9 Å². The Balaban J connectivity index is 1.93. The van der Waals surface area contributed by atoms with Crippen LogP contribution in [0.3, 0.4) is 0 Å². The Labute approximate surface area is 216 Å². The first-order valence-electron chi connectivity index (χ1n) is 11.9. The Morgan fingerprint density at radius 1 is 1.03 bits per heavy atom. The van der Waals surface area contributed by atoms with Crippen molar-refractivity contribution < 1.29 is 24.2 Å². The highest BCUT2D eigenvalue weighted by atomic mass is 16.6. The molecule has 1 unspecified atom stereocenters. The van der Waals surface area contributed by atoms with Crippen LogP contribution in [0.25, 0.3) is 10.8 Å². The number of nitrogens with zero attached hydrogens (tertiary/aromatic N) is 1. The molecule has 3 N–H and O–H groups in total. The molecule has 0 heterocycles. The van der Waals surface area contributed by atoms with Crippen LogP contribution < -0.4 is 10.6 Å². The van der Waals surface area contributed by atoms with Crippen LogP contribution >= 0.6 is 0 Å². The van der Waals surface area contributed by atoms with Gasteiger partial charge in [0.25, 0.3) is 5.91 Å². The lowest BCUT2D eigenvalue weighted by Crippen LogP contribution is -2.47. The van der Waals surface area contributed by atoms with E-state index in [1.54, 1.807) is 51.1 Å². The van der Waals surface area contributed by atoms with Crippen molar-refractivity contribution in [2.24, 2.45) is 0 Å². The van der Waals surface area contributed by atoms with E-state index in [1.165, 1.54) is 4.90 Å². The van der Waals surface area contributed by atoms with Crippen LogP contribution in [-0.2, 0) is 14.3 Å². The molecule has 3 amide bonds.